The summed E-state index contributed by atoms with van der Waals surface area (Å²) in [5, 5.41) is 20.2. The predicted molar refractivity (Wildman–Crippen MR) is 118 cm³/mol. The first-order valence-electron chi connectivity index (χ1n) is 10.9. The van der Waals surface area contributed by atoms with Gasteiger partial charge in [-0.3, -0.25) is 4.79 Å². The minimum atomic E-state index is -0.384. The van der Waals surface area contributed by atoms with E-state index in [9.17, 15) is 14.7 Å². The van der Waals surface area contributed by atoms with Gasteiger partial charge in [0, 0.05) is 43.4 Å². The highest BCUT2D eigenvalue weighted by atomic mass is 16.6. The van der Waals surface area contributed by atoms with Gasteiger partial charge in [-0.2, -0.15) is 15.4 Å². The number of fused-ring (bicyclic) bond motifs is 2. The zero-order valence-corrected chi connectivity index (χ0v) is 18.2. The maximum Gasteiger partial charge on any atom is 0.410 e. The highest BCUT2D eigenvalue weighted by Gasteiger charge is 2.40. The molecule has 0 bridgehead atoms. The first-order valence-corrected chi connectivity index (χ1v) is 10.9. The number of nitrogens with zero attached hydrogens (tertiary/aromatic N) is 4. The van der Waals surface area contributed by atoms with Crippen molar-refractivity contribution >= 4 is 23.0 Å². The number of H-pyrrole nitrogens is 1. The number of phenols is 1. The Hall–Kier alpha value is -3.82. The van der Waals surface area contributed by atoms with Crippen LogP contribution in [0.25, 0.3) is 11.0 Å². The van der Waals surface area contributed by atoms with E-state index in [1.165, 1.54) is 19.2 Å². The molecule has 2 saturated heterocycles. The van der Waals surface area contributed by atoms with Crippen molar-refractivity contribution in [2.45, 2.75) is 13.0 Å². The van der Waals surface area contributed by atoms with E-state index in [-0.39, 0.29) is 30.3 Å². The van der Waals surface area contributed by atoms with E-state index in [1.54, 1.807) is 29.2 Å². The number of aromatic hydroxyl groups is 1. The lowest BCUT2D eigenvalue weighted by molar-refractivity contribution is 0.0724. The topological polar surface area (TPSA) is 121 Å². The van der Waals surface area contributed by atoms with Gasteiger partial charge in [0.15, 0.2) is 0 Å². The van der Waals surface area contributed by atoms with E-state index in [4.69, 9.17) is 9.47 Å². The molecule has 2 aliphatic rings. The molecule has 3 heterocycles. The Kier molecular flexibility index (Phi) is 5.49. The molecule has 1 aromatic heterocycles. The number of rotatable bonds is 4. The zero-order chi connectivity index (χ0) is 22.9. The molecule has 3 aromatic rings. The van der Waals surface area contributed by atoms with Crippen LogP contribution in [0.1, 0.15) is 22.3 Å². The molecule has 172 valence electrons. The lowest BCUT2D eigenvalue weighted by atomic mass is 9.89. The number of hydrogen-bond acceptors (Lipinski definition) is 7. The molecule has 2 aromatic carbocycles. The van der Waals surface area contributed by atoms with Crippen LogP contribution in [-0.2, 0) is 11.3 Å². The highest BCUT2D eigenvalue weighted by Crippen LogP contribution is 2.33. The van der Waals surface area contributed by atoms with Gasteiger partial charge in [0.25, 0.3) is 5.91 Å². The Bertz CT molecular complexity index is 1190. The van der Waals surface area contributed by atoms with Gasteiger partial charge in [0.2, 0.25) is 0 Å². The van der Waals surface area contributed by atoms with E-state index in [2.05, 4.69) is 15.4 Å². The number of methoxy groups -OCH3 is 1. The first-order chi connectivity index (χ1) is 16.0. The fraction of sp³-hybridized carbons (Fsp3) is 0.391. The van der Waals surface area contributed by atoms with Crippen LogP contribution in [-0.4, -0.2) is 75.6 Å². The molecule has 0 saturated carbocycles. The Labute approximate surface area is 190 Å². The third kappa shape index (κ3) is 4.15. The minimum absolute atomic E-state index is 0.0251. The summed E-state index contributed by atoms with van der Waals surface area (Å²) in [4.78, 5) is 29.3. The van der Waals surface area contributed by atoms with E-state index in [1.807, 2.05) is 4.90 Å². The molecule has 33 heavy (non-hydrogen) atoms. The van der Waals surface area contributed by atoms with Crippen LogP contribution < -0.4 is 4.74 Å². The Morgan fingerprint density at radius 3 is 2.70 bits per heavy atom. The van der Waals surface area contributed by atoms with Gasteiger partial charge in [-0.1, -0.05) is 0 Å². The molecule has 2 fully saturated rings. The van der Waals surface area contributed by atoms with Crippen LogP contribution in [0, 0.1) is 11.8 Å². The van der Waals surface area contributed by atoms with E-state index >= 15 is 0 Å². The number of benzene rings is 2. The van der Waals surface area contributed by atoms with E-state index < -0.39 is 0 Å². The number of hydrogen-bond donors (Lipinski definition) is 2. The molecule has 0 aliphatic carbocycles. The molecule has 2 atom stereocenters. The maximum absolute atomic E-state index is 13.0. The smallest absolute Gasteiger partial charge is 0.410 e. The third-order valence-corrected chi connectivity index (χ3v) is 6.53. The molecule has 2 amide bonds. The molecule has 10 nitrogen and oxygen atoms in total. The lowest BCUT2D eigenvalue weighted by Gasteiger charge is -2.33. The summed E-state index contributed by atoms with van der Waals surface area (Å²) >= 11 is 0. The van der Waals surface area contributed by atoms with Gasteiger partial charge in [-0.05, 0) is 48.6 Å². The second-order valence-corrected chi connectivity index (χ2v) is 8.54. The molecule has 0 radical (unpaired) electrons. The van der Waals surface area contributed by atoms with Gasteiger partial charge >= 0.3 is 6.09 Å². The fourth-order valence-electron chi connectivity index (χ4n) is 4.74. The van der Waals surface area contributed by atoms with Crippen molar-refractivity contribution in [1.29, 1.82) is 0 Å². The number of likely N-dealkylation sites (tertiary alicyclic amines) is 2. The average Bonchev–Trinajstić information content (AvgIpc) is 3.48. The largest absolute Gasteiger partial charge is 0.508 e. The van der Waals surface area contributed by atoms with Gasteiger partial charge in [0.05, 0.1) is 7.11 Å². The van der Waals surface area contributed by atoms with Crippen LogP contribution in [0.3, 0.4) is 0 Å². The number of nitrogens with one attached hydrogen (secondary N) is 1. The Morgan fingerprint density at radius 2 is 1.85 bits per heavy atom. The Balaban J connectivity index is 1.19. The standard InChI is InChI=1S/C23H25N5O5/c1-32-21-9-18(29)4-2-16(21)13-33-23(31)27-7-6-15-10-28(12-17(15)11-27)22(30)14-3-5-19-20(8-14)25-26-24-19/h2-5,8-9,15,17,29H,6-7,10-13H2,1H3,(H,24,25,26)/t15?,17-/m1/s1. The van der Waals surface area contributed by atoms with Crippen LogP contribution in [0.2, 0.25) is 0 Å². The summed E-state index contributed by atoms with van der Waals surface area (Å²) in [6.45, 7) is 2.51. The van der Waals surface area contributed by atoms with Crippen LogP contribution >= 0.6 is 0 Å². The normalized spacial score (nSPS) is 20.0. The predicted octanol–water partition coefficient (Wildman–Crippen LogP) is 2.40. The number of carbonyl (C=O) groups excluding carboxylic acids is 2. The maximum atomic E-state index is 13.0. The Morgan fingerprint density at radius 1 is 1.06 bits per heavy atom. The second-order valence-electron chi connectivity index (χ2n) is 8.54. The number of ether oxygens (including phenoxy) is 2. The van der Waals surface area contributed by atoms with Gasteiger partial charge in [-0.25, -0.2) is 4.79 Å². The number of phenolic OH excluding ortho intramolecular Hbond substituents is 1. The summed E-state index contributed by atoms with van der Waals surface area (Å²) in [5.41, 5.74) is 2.66. The van der Waals surface area contributed by atoms with E-state index in [0.717, 1.165) is 11.9 Å². The summed E-state index contributed by atoms with van der Waals surface area (Å²) in [7, 11) is 1.50. The molecule has 5 rings (SSSR count). The monoisotopic (exact) mass is 451 g/mol. The molecular weight excluding hydrogens is 426 g/mol. The number of piperidine rings is 1. The van der Waals surface area contributed by atoms with Crippen molar-refractivity contribution in [1.82, 2.24) is 25.2 Å². The summed E-state index contributed by atoms with van der Waals surface area (Å²) in [6.07, 6.45) is 0.443. The number of amides is 2. The van der Waals surface area contributed by atoms with Crippen molar-refractivity contribution in [3.63, 3.8) is 0 Å². The fourth-order valence-corrected chi connectivity index (χ4v) is 4.74. The quantitative estimate of drug-likeness (QED) is 0.625. The lowest BCUT2D eigenvalue weighted by Crippen LogP contribution is -2.43. The summed E-state index contributed by atoms with van der Waals surface area (Å²) < 4.78 is 10.7. The van der Waals surface area contributed by atoms with Crippen molar-refractivity contribution in [3.05, 3.63) is 47.5 Å². The molecule has 0 spiro atoms. The van der Waals surface area contributed by atoms with Crippen molar-refractivity contribution in [3.8, 4) is 11.5 Å². The average molecular weight is 451 g/mol. The third-order valence-electron chi connectivity index (χ3n) is 6.53. The van der Waals surface area contributed by atoms with Gasteiger partial charge in [-0.15, -0.1) is 0 Å². The first kappa shape index (κ1) is 21.0. The number of aromatic nitrogens is 3. The zero-order valence-electron chi connectivity index (χ0n) is 18.2. The molecular formula is C23H25N5O5. The SMILES string of the molecule is COc1cc(O)ccc1COC(=O)N1CCC2CN(C(=O)c3ccc4n[nH]nc4c3)C[C@H]2C1. The second kappa shape index (κ2) is 8.61. The number of aromatic amines is 1. The summed E-state index contributed by atoms with van der Waals surface area (Å²) in [5.74, 6) is 1.11. The van der Waals surface area contributed by atoms with Gasteiger partial charge in [0.1, 0.15) is 29.1 Å². The van der Waals surface area contributed by atoms with Crippen molar-refractivity contribution in [2.24, 2.45) is 11.8 Å². The molecule has 2 N–H and O–H groups in total. The number of carbonyl (C=O) groups is 2. The molecule has 2 aliphatic heterocycles. The van der Waals surface area contributed by atoms with Gasteiger partial charge < -0.3 is 24.4 Å². The van der Waals surface area contributed by atoms with E-state index in [0.29, 0.717) is 54.5 Å². The van der Waals surface area contributed by atoms with Crippen LogP contribution in [0.5, 0.6) is 11.5 Å². The molecule has 10 heteroatoms. The minimum Gasteiger partial charge on any atom is -0.508 e. The van der Waals surface area contributed by atoms with Crippen LogP contribution in [0.4, 0.5) is 4.79 Å². The summed E-state index contributed by atoms with van der Waals surface area (Å²) in [6, 6.07) is 10.0. The van der Waals surface area contributed by atoms with Crippen LogP contribution in [0.15, 0.2) is 36.4 Å². The van der Waals surface area contributed by atoms with Crippen molar-refractivity contribution in [2.75, 3.05) is 33.3 Å². The highest BCUT2D eigenvalue weighted by molar-refractivity contribution is 5.97. The molecule has 1 unspecified atom stereocenters. The van der Waals surface area contributed by atoms with Crippen molar-refractivity contribution < 1.29 is 24.2 Å².